The lowest BCUT2D eigenvalue weighted by Gasteiger charge is -2.39. The fraction of sp³-hybridized carbons (Fsp3) is 0.308. The molecule has 0 spiro atoms. The van der Waals surface area contributed by atoms with Crippen molar-refractivity contribution in [2.45, 2.75) is 32.6 Å². The molecule has 30 heavy (non-hydrogen) atoms. The van der Waals surface area contributed by atoms with E-state index in [1.807, 2.05) is 26.4 Å². The number of anilines is 2. The van der Waals surface area contributed by atoms with Crippen LogP contribution in [-0.2, 0) is 4.79 Å². The molecule has 0 radical (unpaired) electrons. The number of Topliss-reactive ketones (excluding diaryl/α,β-unsaturated/α-hetero) is 1. The van der Waals surface area contributed by atoms with Crippen LogP contribution in [0.15, 0.2) is 66.0 Å². The van der Waals surface area contributed by atoms with Crippen LogP contribution in [0.1, 0.15) is 43.7 Å². The van der Waals surface area contributed by atoms with Crippen LogP contribution in [0.4, 0.5) is 11.4 Å². The number of ketones is 1. The lowest BCUT2D eigenvalue weighted by atomic mass is 9.68. The highest BCUT2D eigenvalue weighted by Crippen LogP contribution is 2.50. The van der Waals surface area contributed by atoms with Crippen LogP contribution in [0.25, 0.3) is 10.9 Å². The molecule has 152 valence electrons. The average molecular weight is 398 g/mol. The van der Waals surface area contributed by atoms with E-state index < -0.39 is 0 Å². The second-order valence-corrected chi connectivity index (χ2v) is 9.48. The molecule has 0 saturated carbocycles. The Bertz CT molecular complexity index is 1190. The highest BCUT2D eigenvalue weighted by molar-refractivity contribution is 6.03. The maximum absolute atomic E-state index is 13.4. The number of nitrogens with zero attached hydrogens (tertiary/aromatic N) is 2. The molecule has 1 unspecified atom stereocenters. The number of hydrogen-bond donors (Lipinski definition) is 1. The van der Waals surface area contributed by atoms with Gasteiger partial charge in [-0.2, -0.15) is 0 Å². The van der Waals surface area contributed by atoms with Gasteiger partial charge in [0.1, 0.15) is 0 Å². The zero-order chi connectivity index (χ0) is 21.0. The molecule has 3 aromatic rings. The monoisotopic (exact) mass is 397 g/mol. The average Bonchev–Trinajstić information content (AvgIpc) is 2.71. The number of rotatable bonds is 2. The third-order valence-electron chi connectivity index (χ3n) is 6.34. The SMILES string of the molecule is CN(C)c1ccc(C2C3=C(CC(C)(C)CC3=O)Nc3ccc4cccnc4c32)cc1. The van der Waals surface area contributed by atoms with Gasteiger partial charge in [-0.05, 0) is 41.7 Å². The Balaban J connectivity index is 1.77. The summed E-state index contributed by atoms with van der Waals surface area (Å²) in [6, 6.07) is 16.9. The number of carbonyl (C=O) groups is 1. The maximum Gasteiger partial charge on any atom is 0.162 e. The maximum atomic E-state index is 13.4. The van der Waals surface area contributed by atoms with E-state index >= 15 is 0 Å². The summed E-state index contributed by atoms with van der Waals surface area (Å²) >= 11 is 0. The van der Waals surface area contributed by atoms with Crippen molar-refractivity contribution in [1.29, 1.82) is 0 Å². The zero-order valence-corrected chi connectivity index (χ0v) is 18.0. The second-order valence-electron chi connectivity index (χ2n) is 9.48. The van der Waals surface area contributed by atoms with Crippen LogP contribution in [0.5, 0.6) is 0 Å². The van der Waals surface area contributed by atoms with Gasteiger partial charge in [0.2, 0.25) is 0 Å². The minimum Gasteiger partial charge on any atom is -0.378 e. The number of nitrogens with one attached hydrogen (secondary N) is 1. The molecule has 0 saturated heterocycles. The highest BCUT2D eigenvalue weighted by Gasteiger charge is 2.41. The summed E-state index contributed by atoms with van der Waals surface area (Å²) in [6.07, 6.45) is 3.29. The minimum atomic E-state index is -0.102. The number of pyridine rings is 1. The smallest absolute Gasteiger partial charge is 0.162 e. The Morgan fingerprint density at radius 3 is 2.53 bits per heavy atom. The van der Waals surface area contributed by atoms with Crippen molar-refractivity contribution in [3.8, 4) is 0 Å². The van der Waals surface area contributed by atoms with Crippen molar-refractivity contribution in [2.24, 2.45) is 5.41 Å². The van der Waals surface area contributed by atoms with Crippen molar-refractivity contribution in [1.82, 2.24) is 4.98 Å². The first-order valence-corrected chi connectivity index (χ1v) is 10.5. The Morgan fingerprint density at radius 1 is 1.03 bits per heavy atom. The molecule has 0 bridgehead atoms. The third-order valence-corrected chi connectivity index (χ3v) is 6.34. The number of fused-ring (bicyclic) bond motifs is 3. The Morgan fingerprint density at radius 2 is 1.80 bits per heavy atom. The quantitative estimate of drug-likeness (QED) is 0.620. The van der Waals surface area contributed by atoms with Crippen molar-refractivity contribution < 1.29 is 4.79 Å². The molecule has 0 fully saturated rings. The molecule has 1 aliphatic carbocycles. The summed E-state index contributed by atoms with van der Waals surface area (Å²) < 4.78 is 0. The van der Waals surface area contributed by atoms with E-state index in [2.05, 4.69) is 66.5 Å². The summed E-state index contributed by atoms with van der Waals surface area (Å²) in [5.74, 6) is 0.142. The number of hydrogen-bond acceptors (Lipinski definition) is 4. The number of allylic oxidation sites excluding steroid dienone is 2. The van der Waals surface area contributed by atoms with E-state index in [-0.39, 0.29) is 17.1 Å². The van der Waals surface area contributed by atoms with Gasteiger partial charge in [-0.3, -0.25) is 9.78 Å². The Kier molecular flexibility index (Phi) is 4.21. The molecule has 4 nitrogen and oxygen atoms in total. The van der Waals surface area contributed by atoms with Crippen molar-refractivity contribution in [2.75, 3.05) is 24.3 Å². The highest BCUT2D eigenvalue weighted by atomic mass is 16.1. The first kappa shape index (κ1) is 18.9. The summed E-state index contributed by atoms with van der Waals surface area (Å²) in [5.41, 5.74) is 7.38. The van der Waals surface area contributed by atoms with Crippen LogP contribution >= 0.6 is 0 Å². The van der Waals surface area contributed by atoms with E-state index in [1.165, 1.54) is 0 Å². The Labute approximate surface area is 177 Å². The molecule has 1 aliphatic heterocycles. The van der Waals surface area contributed by atoms with E-state index in [1.54, 1.807) is 0 Å². The van der Waals surface area contributed by atoms with Gasteiger partial charge in [-0.15, -0.1) is 0 Å². The largest absolute Gasteiger partial charge is 0.378 e. The van der Waals surface area contributed by atoms with Gasteiger partial charge in [0.25, 0.3) is 0 Å². The van der Waals surface area contributed by atoms with E-state index in [9.17, 15) is 4.79 Å². The van der Waals surface area contributed by atoms with Gasteiger partial charge >= 0.3 is 0 Å². The van der Waals surface area contributed by atoms with Crippen LogP contribution in [0, 0.1) is 5.41 Å². The zero-order valence-electron chi connectivity index (χ0n) is 18.0. The molecular weight excluding hydrogens is 370 g/mol. The van der Waals surface area contributed by atoms with Crippen LogP contribution in [0.3, 0.4) is 0 Å². The molecule has 2 aromatic carbocycles. The molecule has 1 aromatic heterocycles. The summed E-state index contributed by atoms with van der Waals surface area (Å²) in [5, 5.41) is 4.71. The van der Waals surface area contributed by atoms with Gasteiger partial charge in [0.05, 0.1) is 5.52 Å². The fourth-order valence-corrected chi connectivity index (χ4v) is 4.96. The van der Waals surface area contributed by atoms with Crippen molar-refractivity contribution >= 4 is 28.1 Å². The van der Waals surface area contributed by atoms with Crippen LogP contribution < -0.4 is 10.2 Å². The number of carbonyl (C=O) groups excluding carboxylic acids is 1. The molecular formula is C26H27N3O. The minimum absolute atomic E-state index is 0.0329. The van der Waals surface area contributed by atoms with E-state index in [0.29, 0.717) is 6.42 Å². The molecule has 0 amide bonds. The number of benzene rings is 2. The normalized spacial score (nSPS) is 19.9. The van der Waals surface area contributed by atoms with Crippen LogP contribution in [0.2, 0.25) is 0 Å². The molecule has 2 heterocycles. The second kappa shape index (κ2) is 6.69. The molecule has 4 heteroatoms. The molecule has 1 atom stereocenters. The first-order valence-electron chi connectivity index (χ1n) is 10.5. The summed E-state index contributed by atoms with van der Waals surface area (Å²) in [4.78, 5) is 20.2. The van der Waals surface area contributed by atoms with E-state index in [4.69, 9.17) is 4.98 Å². The molecule has 5 rings (SSSR count). The topological polar surface area (TPSA) is 45.2 Å². The van der Waals surface area contributed by atoms with Gasteiger partial charge in [0, 0.05) is 66.2 Å². The van der Waals surface area contributed by atoms with Gasteiger partial charge in [0.15, 0.2) is 5.78 Å². The predicted molar refractivity (Wildman–Crippen MR) is 123 cm³/mol. The standard InChI is InChI=1S/C26H27N3O/c1-26(2)14-20-23(21(30)15-26)22(16-7-10-18(11-8-16)29(3)4)24-19(28-20)12-9-17-6-5-13-27-25(17)24/h5-13,22,28H,14-15H2,1-4H3. The van der Waals surface area contributed by atoms with Crippen molar-refractivity contribution in [3.63, 3.8) is 0 Å². The Hall–Kier alpha value is -3.14. The van der Waals surface area contributed by atoms with Gasteiger partial charge in [-0.25, -0.2) is 0 Å². The first-order chi connectivity index (χ1) is 14.3. The van der Waals surface area contributed by atoms with E-state index in [0.717, 1.165) is 51.1 Å². The van der Waals surface area contributed by atoms with Gasteiger partial charge in [-0.1, -0.05) is 38.1 Å². The van der Waals surface area contributed by atoms with Crippen molar-refractivity contribution in [3.05, 3.63) is 77.1 Å². The fourth-order valence-electron chi connectivity index (χ4n) is 4.96. The lowest BCUT2D eigenvalue weighted by Crippen LogP contribution is -2.34. The van der Waals surface area contributed by atoms with Crippen LogP contribution in [-0.4, -0.2) is 24.9 Å². The number of aromatic nitrogens is 1. The predicted octanol–water partition coefficient (Wildman–Crippen LogP) is 5.50. The van der Waals surface area contributed by atoms with Gasteiger partial charge < -0.3 is 10.2 Å². The molecule has 1 N–H and O–H groups in total. The lowest BCUT2D eigenvalue weighted by molar-refractivity contribution is -0.118. The molecule has 2 aliphatic rings. The third kappa shape index (κ3) is 2.98. The summed E-state index contributed by atoms with van der Waals surface area (Å²) in [7, 11) is 4.08. The summed E-state index contributed by atoms with van der Waals surface area (Å²) in [6.45, 7) is 4.35.